The van der Waals surface area contributed by atoms with Gasteiger partial charge in [0.2, 0.25) is 0 Å². The molecule has 1 aromatic carbocycles. The number of aryl methyl sites for hydroxylation is 1. The molecule has 1 aromatic heterocycles. The maximum Gasteiger partial charge on any atom is 0.0944 e. The van der Waals surface area contributed by atoms with Crippen LogP contribution in [-0.2, 0) is 17.5 Å². The standard InChI is InChI=1S/C14H18N2OS2.C5H12O/c1-10(2)19(17)16-8-12-4-6-13(7-5-12)14-11(3)15-9-18-14;1-2-3-4-5-6/h4-7,9-10,16H,8H2,1-3H3;6H,2-5H2,1H3. The largest absolute Gasteiger partial charge is 0.396 e. The van der Waals surface area contributed by atoms with Crippen LogP contribution in [0.15, 0.2) is 29.8 Å². The average Bonchev–Trinajstić information content (AvgIpc) is 3.04. The lowest BCUT2D eigenvalue weighted by molar-refractivity contribution is 0.284. The molecule has 6 heteroatoms. The normalized spacial score (nSPS) is 11.9. The molecule has 0 amide bonds. The fourth-order valence-corrected chi connectivity index (χ4v) is 3.49. The Kier molecular flexibility index (Phi) is 10.8. The molecule has 1 heterocycles. The van der Waals surface area contributed by atoms with Crippen LogP contribution in [0.25, 0.3) is 10.4 Å². The fraction of sp³-hybridized carbons (Fsp3) is 0.526. The van der Waals surface area contributed by atoms with Gasteiger partial charge >= 0.3 is 0 Å². The van der Waals surface area contributed by atoms with Gasteiger partial charge < -0.3 is 5.11 Å². The van der Waals surface area contributed by atoms with Crippen LogP contribution in [0.1, 0.15) is 51.3 Å². The van der Waals surface area contributed by atoms with Crippen molar-refractivity contribution < 1.29 is 9.32 Å². The predicted molar refractivity (Wildman–Crippen MR) is 109 cm³/mol. The van der Waals surface area contributed by atoms with Crippen LogP contribution in [0, 0.1) is 6.92 Å². The summed E-state index contributed by atoms with van der Waals surface area (Å²) in [7, 11) is -0.969. The van der Waals surface area contributed by atoms with Crippen molar-refractivity contribution in [3.8, 4) is 10.4 Å². The highest BCUT2D eigenvalue weighted by atomic mass is 32.2. The number of nitrogens with one attached hydrogen (secondary N) is 1. The molecule has 2 aromatic rings. The first kappa shape index (κ1) is 22.0. The lowest BCUT2D eigenvalue weighted by Gasteiger charge is -2.08. The monoisotopic (exact) mass is 382 g/mol. The zero-order valence-electron chi connectivity index (χ0n) is 15.6. The highest BCUT2D eigenvalue weighted by Crippen LogP contribution is 2.27. The van der Waals surface area contributed by atoms with Gasteiger partial charge in [-0.15, -0.1) is 11.3 Å². The van der Waals surface area contributed by atoms with Gasteiger partial charge in [-0.2, -0.15) is 0 Å². The summed E-state index contributed by atoms with van der Waals surface area (Å²) < 4.78 is 14.6. The molecule has 0 aliphatic carbocycles. The van der Waals surface area contributed by atoms with E-state index in [1.807, 2.05) is 26.3 Å². The van der Waals surface area contributed by atoms with Gasteiger partial charge in [0, 0.05) is 18.4 Å². The van der Waals surface area contributed by atoms with Crippen molar-refractivity contribution in [3.63, 3.8) is 0 Å². The van der Waals surface area contributed by atoms with E-state index in [-0.39, 0.29) is 5.25 Å². The van der Waals surface area contributed by atoms with Crippen molar-refractivity contribution in [2.75, 3.05) is 6.61 Å². The van der Waals surface area contributed by atoms with Crippen LogP contribution in [0.4, 0.5) is 0 Å². The summed E-state index contributed by atoms with van der Waals surface area (Å²) in [6.07, 6.45) is 3.33. The number of aliphatic hydroxyl groups excluding tert-OH is 1. The Hall–Kier alpha value is -1.08. The van der Waals surface area contributed by atoms with E-state index in [0.717, 1.165) is 24.1 Å². The van der Waals surface area contributed by atoms with E-state index in [9.17, 15) is 4.21 Å². The number of aromatic nitrogens is 1. The van der Waals surface area contributed by atoms with Crippen molar-refractivity contribution in [2.24, 2.45) is 0 Å². The Morgan fingerprint density at radius 2 is 1.92 bits per heavy atom. The third-order valence-corrected chi connectivity index (χ3v) is 5.83. The molecule has 0 saturated heterocycles. The van der Waals surface area contributed by atoms with Gasteiger partial charge in [0.05, 0.1) is 27.1 Å². The summed E-state index contributed by atoms with van der Waals surface area (Å²) in [5.74, 6) is 0. The molecule has 2 rings (SSSR count). The van der Waals surface area contributed by atoms with Crippen molar-refractivity contribution in [1.82, 2.24) is 9.71 Å². The molecular weight excluding hydrogens is 352 g/mol. The van der Waals surface area contributed by atoms with E-state index < -0.39 is 11.0 Å². The molecule has 2 N–H and O–H groups in total. The van der Waals surface area contributed by atoms with Crippen LogP contribution in [0.5, 0.6) is 0 Å². The summed E-state index contributed by atoms with van der Waals surface area (Å²) in [4.78, 5) is 5.47. The van der Waals surface area contributed by atoms with E-state index in [1.165, 1.54) is 16.9 Å². The van der Waals surface area contributed by atoms with Crippen LogP contribution < -0.4 is 4.72 Å². The van der Waals surface area contributed by atoms with Crippen molar-refractivity contribution in [1.29, 1.82) is 0 Å². The molecule has 140 valence electrons. The average molecular weight is 383 g/mol. The lowest BCUT2D eigenvalue weighted by Crippen LogP contribution is -2.23. The highest BCUT2D eigenvalue weighted by Gasteiger charge is 2.06. The van der Waals surface area contributed by atoms with Gasteiger partial charge in [-0.3, -0.25) is 0 Å². The number of aliphatic hydroxyl groups is 1. The highest BCUT2D eigenvalue weighted by molar-refractivity contribution is 7.83. The summed E-state index contributed by atoms with van der Waals surface area (Å²) >= 11 is 1.66. The lowest BCUT2D eigenvalue weighted by atomic mass is 10.1. The second-order valence-corrected chi connectivity index (χ2v) is 8.74. The molecule has 0 spiro atoms. The van der Waals surface area contributed by atoms with E-state index in [0.29, 0.717) is 13.2 Å². The Labute approximate surface area is 158 Å². The quantitative estimate of drug-likeness (QED) is 0.663. The molecular formula is C19H30N2O2S2. The topological polar surface area (TPSA) is 62.2 Å². The van der Waals surface area contributed by atoms with Gasteiger partial charge in [-0.25, -0.2) is 13.9 Å². The van der Waals surface area contributed by atoms with Gasteiger partial charge in [0.15, 0.2) is 0 Å². The summed E-state index contributed by atoms with van der Waals surface area (Å²) in [6, 6.07) is 8.32. The number of unbranched alkanes of at least 4 members (excludes halogenated alkanes) is 2. The number of hydrogen-bond donors (Lipinski definition) is 2. The minimum Gasteiger partial charge on any atom is -0.396 e. The predicted octanol–water partition coefficient (Wildman–Crippen LogP) is 4.45. The maximum atomic E-state index is 11.6. The molecule has 0 radical (unpaired) electrons. The number of benzene rings is 1. The minimum atomic E-state index is -0.969. The zero-order valence-corrected chi connectivity index (χ0v) is 17.3. The Balaban J connectivity index is 0.000000450. The Morgan fingerprint density at radius 1 is 1.24 bits per heavy atom. The smallest absolute Gasteiger partial charge is 0.0944 e. The number of rotatable bonds is 8. The third kappa shape index (κ3) is 8.23. The van der Waals surface area contributed by atoms with E-state index in [4.69, 9.17) is 5.11 Å². The molecule has 0 aliphatic rings. The molecule has 0 saturated carbocycles. The van der Waals surface area contributed by atoms with Crippen LogP contribution >= 0.6 is 11.3 Å². The summed E-state index contributed by atoms with van der Waals surface area (Å²) in [5, 5.41) is 8.34. The molecule has 0 fully saturated rings. The van der Waals surface area contributed by atoms with Crippen molar-refractivity contribution in [2.45, 2.75) is 58.8 Å². The SMILES string of the molecule is CCCCCO.Cc1ncsc1-c1ccc(CNS(=O)C(C)C)cc1. The Bertz CT molecular complexity index is 621. The van der Waals surface area contributed by atoms with Crippen LogP contribution in [-0.4, -0.2) is 26.2 Å². The molecule has 0 aliphatic heterocycles. The first-order valence-corrected chi connectivity index (χ1v) is 10.8. The second-order valence-electron chi connectivity index (χ2n) is 6.06. The van der Waals surface area contributed by atoms with Crippen LogP contribution in [0.3, 0.4) is 0 Å². The maximum absolute atomic E-state index is 11.6. The molecule has 0 bridgehead atoms. The van der Waals surface area contributed by atoms with E-state index in [2.05, 4.69) is 40.9 Å². The number of thiazole rings is 1. The van der Waals surface area contributed by atoms with Gasteiger partial charge in [-0.05, 0) is 38.3 Å². The summed E-state index contributed by atoms with van der Waals surface area (Å²) in [6.45, 7) is 9.01. The minimum absolute atomic E-state index is 0.138. The second kappa shape index (κ2) is 12.3. The first-order chi connectivity index (χ1) is 12.0. The third-order valence-electron chi connectivity index (χ3n) is 3.57. The molecule has 1 unspecified atom stereocenters. The van der Waals surface area contributed by atoms with Gasteiger partial charge in [0.25, 0.3) is 0 Å². The summed E-state index contributed by atoms with van der Waals surface area (Å²) in [5.41, 5.74) is 5.26. The zero-order chi connectivity index (χ0) is 18.7. The fourth-order valence-electron chi connectivity index (χ4n) is 2.04. The molecule has 25 heavy (non-hydrogen) atoms. The van der Waals surface area contributed by atoms with Crippen LogP contribution in [0.2, 0.25) is 0 Å². The van der Waals surface area contributed by atoms with E-state index in [1.54, 1.807) is 11.3 Å². The van der Waals surface area contributed by atoms with E-state index >= 15 is 0 Å². The van der Waals surface area contributed by atoms with Gasteiger partial charge in [-0.1, -0.05) is 44.0 Å². The van der Waals surface area contributed by atoms with Crippen molar-refractivity contribution in [3.05, 3.63) is 41.0 Å². The molecule has 1 atom stereocenters. The van der Waals surface area contributed by atoms with Crippen molar-refractivity contribution >= 4 is 22.3 Å². The number of nitrogens with zero attached hydrogens (tertiary/aromatic N) is 1. The first-order valence-electron chi connectivity index (χ1n) is 8.73. The molecule has 4 nitrogen and oxygen atoms in total. The Morgan fingerprint density at radius 3 is 2.36 bits per heavy atom. The van der Waals surface area contributed by atoms with Gasteiger partial charge in [0.1, 0.15) is 0 Å². The number of hydrogen-bond acceptors (Lipinski definition) is 4.